The Kier molecular flexibility index (Phi) is 9.12. The van der Waals surface area contributed by atoms with Gasteiger partial charge in [-0.1, -0.05) is 63.4 Å². The zero-order valence-electron chi connectivity index (χ0n) is 18.0. The first-order chi connectivity index (χ1) is 14.4. The Hall–Kier alpha value is -2.33. The van der Waals surface area contributed by atoms with Gasteiger partial charge >= 0.3 is 0 Å². The third kappa shape index (κ3) is 6.10. The van der Waals surface area contributed by atoms with Gasteiger partial charge in [-0.25, -0.2) is 0 Å². The van der Waals surface area contributed by atoms with Crippen molar-refractivity contribution in [3.63, 3.8) is 0 Å². The van der Waals surface area contributed by atoms with E-state index in [0.29, 0.717) is 0 Å². The molecule has 1 radical (unpaired) electrons. The fourth-order valence-corrected chi connectivity index (χ4v) is 4.08. The van der Waals surface area contributed by atoms with Crippen LogP contribution in [-0.4, -0.2) is 15.9 Å². The van der Waals surface area contributed by atoms with Crippen LogP contribution in [-0.2, 0) is 24.9 Å². The maximum atomic E-state index is 11.0. The second-order valence-corrected chi connectivity index (χ2v) is 8.74. The Morgan fingerprint density at radius 2 is 1.71 bits per heavy atom. The predicted octanol–water partition coefficient (Wildman–Crippen LogP) is 7.22. The largest absolute Gasteiger partial charge is 0.512 e. The quantitative estimate of drug-likeness (QED) is 0.151. The SMILES string of the molecule is CC(C)C(=O)/C=C(\O)C(C)C.[Ir].[c-]1ccc2c(sc3ccccc32)c1-c1ccccn1. The number of hydrogen-bond acceptors (Lipinski definition) is 4. The molecule has 0 bridgehead atoms. The first kappa shape index (κ1) is 24.9. The number of fused-ring (bicyclic) bond motifs is 3. The van der Waals surface area contributed by atoms with Crippen LogP contribution in [0.4, 0.5) is 0 Å². The molecule has 0 spiro atoms. The number of ketones is 1. The zero-order valence-corrected chi connectivity index (χ0v) is 21.3. The van der Waals surface area contributed by atoms with Gasteiger partial charge in [-0.3, -0.25) is 4.79 Å². The van der Waals surface area contributed by atoms with E-state index in [1.165, 1.54) is 26.2 Å². The van der Waals surface area contributed by atoms with E-state index in [-0.39, 0.29) is 43.5 Å². The van der Waals surface area contributed by atoms with Crippen LogP contribution in [0.1, 0.15) is 27.7 Å². The number of nitrogens with zero attached hydrogens (tertiary/aromatic N) is 1. The van der Waals surface area contributed by atoms with E-state index in [2.05, 4.69) is 41.4 Å². The molecule has 2 aromatic heterocycles. The maximum absolute atomic E-state index is 11.0. The van der Waals surface area contributed by atoms with Gasteiger partial charge in [0, 0.05) is 48.9 Å². The summed E-state index contributed by atoms with van der Waals surface area (Å²) in [5.74, 6) is 0.161. The number of carbonyl (C=O) groups is 1. The smallest absolute Gasteiger partial charge is 0.161 e. The van der Waals surface area contributed by atoms with Crippen LogP contribution >= 0.6 is 11.3 Å². The van der Waals surface area contributed by atoms with Crippen LogP contribution in [0, 0.1) is 17.9 Å². The minimum atomic E-state index is -0.0316. The van der Waals surface area contributed by atoms with Crippen molar-refractivity contribution in [2.45, 2.75) is 27.7 Å². The second kappa shape index (κ2) is 11.3. The van der Waals surface area contributed by atoms with E-state index in [1.807, 2.05) is 69.5 Å². The number of thiophene rings is 1. The molecular formula is C26H26IrNO2S-. The molecule has 2 heterocycles. The van der Waals surface area contributed by atoms with Gasteiger partial charge in [0.05, 0.1) is 5.76 Å². The third-order valence-electron chi connectivity index (χ3n) is 4.71. The van der Waals surface area contributed by atoms with Crippen molar-refractivity contribution in [2.75, 3.05) is 0 Å². The van der Waals surface area contributed by atoms with Crippen LogP contribution < -0.4 is 0 Å². The van der Waals surface area contributed by atoms with E-state index < -0.39 is 0 Å². The average Bonchev–Trinajstić information content (AvgIpc) is 3.13. The number of aliphatic hydroxyl groups is 1. The van der Waals surface area contributed by atoms with Crippen molar-refractivity contribution in [1.29, 1.82) is 0 Å². The van der Waals surface area contributed by atoms with Gasteiger partial charge in [-0.2, -0.15) is 11.3 Å². The van der Waals surface area contributed by atoms with Crippen molar-refractivity contribution < 1.29 is 30.0 Å². The zero-order chi connectivity index (χ0) is 21.7. The summed E-state index contributed by atoms with van der Waals surface area (Å²) < 4.78 is 2.58. The normalized spacial score (nSPS) is 11.4. The number of aromatic nitrogens is 1. The molecule has 31 heavy (non-hydrogen) atoms. The third-order valence-corrected chi connectivity index (χ3v) is 5.91. The monoisotopic (exact) mass is 609 g/mol. The molecule has 0 saturated heterocycles. The number of rotatable bonds is 4. The van der Waals surface area contributed by atoms with E-state index in [1.54, 1.807) is 0 Å². The number of hydrogen-bond donors (Lipinski definition) is 1. The summed E-state index contributed by atoms with van der Waals surface area (Å²) in [4.78, 5) is 15.5. The van der Waals surface area contributed by atoms with Gasteiger partial charge in [-0.15, -0.1) is 23.8 Å². The minimum Gasteiger partial charge on any atom is -0.512 e. The molecule has 1 N–H and O–H groups in total. The van der Waals surface area contributed by atoms with Gasteiger partial charge in [0.1, 0.15) is 0 Å². The Morgan fingerprint density at radius 3 is 2.35 bits per heavy atom. The number of pyridine rings is 1. The summed E-state index contributed by atoms with van der Waals surface area (Å²) in [7, 11) is 0. The molecule has 163 valence electrons. The summed E-state index contributed by atoms with van der Waals surface area (Å²) in [6.07, 6.45) is 3.14. The molecule has 0 unspecified atom stereocenters. The molecule has 0 fully saturated rings. The van der Waals surface area contributed by atoms with Crippen LogP contribution in [0.2, 0.25) is 0 Å². The molecule has 0 aliphatic rings. The minimum absolute atomic E-state index is 0. The fraction of sp³-hybridized carbons (Fsp3) is 0.231. The fourth-order valence-electron chi connectivity index (χ4n) is 2.87. The van der Waals surface area contributed by atoms with Gasteiger partial charge < -0.3 is 10.1 Å². The Labute approximate surface area is 201 Å². The molecule has 4 rings (SSSR count). The standard InChI is InChI=1S/C17H10NS.C9H16O2.Ir/c1-2-10-16-12(6-1)13-7-5-8-14(17(13)19-16)15-9-3-4-11-18-15;1-6(2)8(10)5-9(11)7(3)4;/h1-7,9-11H;5-7,10H,1-4H3;/q-1;;/b;8-5-;. The Bertz CT molecular complexity index is 1180. The van der Waals surface area contributed by atoms with Crippen LogP contribution in [0.5, 0.6) is 0 Å². The molecule has 2 aromatic carbocycles. The Balaban J connectivity index is 0.000000249. The maximum Gasteiger partial charge on any atom is 0.161 e. The molecule has 5 heteroatoms. The van der Waals surface area contributed by atoms with Gasteiger partial charge in [0.25, 0.3) is 0 Å². The number of carbonyl (C=O) groups excluding carboxylic acids is 1. The summed E-state index contributed by atoms with van der Waals surface area (Å²) in [5.41, 5.74) is 2.08. The van der Waals surface area contributed by atoms with Crippen LogP contribution in [0.25, 0.3) is 31.4 Å². The molecule has 4 aromatic rings. The molecule has 0 amide bonds. The van der Waals surface area contributed by atoms with Crippen LogP contribution in [0.15, 0.2) is 72.6 Å². The van der Waals surface area contributed by atoms with Crippen molar-refractivity contribution in [2.24, 2.45) is 11.8 Å². The van der Waals surface area contributed by atoms with Gasteiger partial charge in [0.15, 0.2) is 5.78 Å². The van der Waals surface area contributed by atoms with Crippen molar-refractivity contribution in [3.8, 4) is 11.3 Å². The van der Waals surface area contributed by atoms with Crippen molar-refractivity contribution in [1.82, 2.24) is 4.98 Å². The summed E-state index contributed by atoms with van der Waals surface area (Å²) in [6, 6.07) is 22.0. The second-order valence-electron chi connectivity index (χ2n) is 7.69. The van der Waals surface area contributed by atoms with Crippen molar-refractivity contribution >= 4 is 37.3 Å². The van der Waals surface area contributed by atoms with E-state index in [4.69, 9.17) is 0 Å². The first-order valence-electron chi connectivity index (χ1n) is 10.1. The van der Waals surface area contributed by atoms with Crippen LogP contribution in [0.3, 0.4) is 0 Å². The van der Waals surface area contributed by atoms with E-state index in [0.717, 1.165) is 11.3 Å². The summed E-state index contributed by atoms with van der Waals surface area (Å²) >= 11 is 1.81. The molecule has 0 saturated carbocycles. The summed E-state index contributed by atoms with van der Waals surface area (Å²) in [6.45, 7) is 7.32. The molecule has 0 atom stereocenters. The molecular weight excluding hydrogens is 583 g/mol. The first-order valence-corrected chi connectivity index (χ1v) is 10.9. The number of allylic oxidation sites excluding steroid dienone is 2. The molecule has 0 aliphatic carbocycles. The topological polar surface area (TPSA) is 50.2 Å². The number of benzene rings is 2. The van der Waals surface area contributed by atoms with Crippen molar-refractivity contribution in [3.05, 3.63) is 78.7 Å². The molecule has 3 nitrogen and oxygen atoms in total. The van der Waals surface area contributed by atoms with E-state index >= 15 is 0 Å². The number of aliphatic hydroxyl groups excluding tert-OH is 1. The van der Waals surface area contributed by atoms with Gasteiger partial charge in [0.2, 0.25) is 0 Å². The predicted molar refractivity (Wildman–Crippen MR) is 127 cm³/mol. The average molecular weight is 609 g/mol. The van der Waals surface area contributed by atoms with E-state index in [9.17, 15) is 9.90 Å². The molecule has 0 aliphatic heterocycles. The summed E-state index contributed by atoms with van der Waals surface area (Å²) in [5, 5.41) is 11.8. The van der Waals surface area contributed by atoms with Gasteiger partial charge in [-0.05, 0) is 27.9 Å². The Morgan fingerprint density at radius 1 is 1.00 bits per heavy atom.